The van der Waals surface area contributed by atoms with Crippen LogP contribution in [0.15, 0.2) is 9.59 Å². The number of hydrogen-bond donors (Lipinski definition) is 3. The zero-order valence-electron chi connectivity index (χ0n) is 7.11. The van der Waals surface area contributed by atoms with E-state index >= 15 is 0 Å². The van der Waals surface area contributed by atoms with Gasteiger partial charge in [0.25, 0.3) is 0 Å². The molecule has 1 unspecified atom stereocenters. The number of aromatic nitrogens is 3. The lowest BCUT2D eigenvalue weighted by molar-refractivity contribution is 0.111. The quantitative estimate of drug-likeness (QED) is 0.512. The predicted octanol–water partition coefficient (Wildman–Crippen LogP) is -1.96. The summed E-state index contributed by atoms with van der Waals surface area (Å²) in [7, 11) is 1.43. The summed E-state index contributed by atoms with van der Waals surface area (Å²) in [5, 5.41) is 13.1. The van der Waals surface area contributed by atoms with Gasteiger partial charge in [0.05, 0.1) is 19.3 Å². The summed E-state index contributed by atoms with van der Waals surface area (Å²) in [5.74, 6) is 0. The lowest BCUT2D eigenvalue weighted by atomic mass is 10.3. The third-order valence-electron chi connectivity index (χ3n) is 1.65. The lowest BCUT2D eigenvalue weighted by Crippen LogP contribution is -2.35. The molecule has 1 rings (SSSR count). The number of aromatic amines is 2. The average molecular weight is 189 g/mol. The number of methoxy groups -OCH3 is 1. The summed E-state index contributed by atoms with van der Waals surface area (Å²) in [6, 6.07) is -0.646. The van der Waals surface area contributed by atoms with Gasteiger partial charge in [-0.25, -0.2) is 24.4 Å². The second-order valence-corrected chi connectivity index (χ2v) is 2.52. The minimum atomic E-state index is -0.646. The summed E-state index contributed by atoms with van der Waals surface area (Å²) in [6.45, 7) is -0.216. The molecule has 0 saturated heterocycles. The normalized spacial score (nSPS) is 13.1. The average Bonchev–Trinajstić information content (AvgIpc) is 2.43. The first-order valence-electron chi connectivity index (χ1n) is 3.69. The van der Waals surface area contributed by atoms with Gasteiger partial charge in [0.1, 0.15) is 0 Å². The fraction of sp³-hybridized carbons (Fsp3) is 0.667. The van der Waals surface area contributed by atoms with Crippen LogP contribution in [0.5, 0.6) is 0 Å². The van der Waals surface area contributed by atoms with E-state index in [0.717, 1.165) is 4.57 Å². The van der Waals surface area contributed by atoms with Crippen LogP contribution in [0.1, 0.15) is 6.04 Å². The van der Waals surface area contributed by atoms with Crippen LogP contribution in [0.25, 0.3) is 0 Å². The minimum Gasteiger partial charge on any atom is -0.394 e. The molecule has 0 aliphatic heterocycles. The van der Waals surface area contributed by atoms with Crippen LogP contribution in [0.4, 0.5) is 0 Å². The highest BCUT2D eigenvalue weighted by atomic mass is 16.5. The van der Waals surface area contributed by atoms with E-state index in [2.05, 4.69) is 10.2 Å². The largest absolute Gasteiger partial charge is 0.394 e. The van der Waals surface area contributed by atoms with Gasteiger partial charge < -0.3 is 9.84 Å². The Morgan fingerprint density at radius 2 is 2.00 bits per heavy atom. The summed E-state index contributed by atoms with van der Waals surface area (Å²) in [5.41, 5.74) is -1.16. The molecule has 0 aromatic carbocycles. The molecular weight excluding hydrogens is 178 g/mol. The van der Waals surface area contributed by atoms with Crippen LogP contribution in [0.3, 0.4) is 0 Å². The first-order chi connectivity index (χ1) is 6.20. The maximum atomic E-state index is 11.0. The molecule has 0 spiro atoms. The molecule has 1 heterocycles. The van der Waals surface area contributed by atoms with Crippen LogP contribution in [0.2, 0.25) is 0 Å². The van der Waals surface area contributed by atoms with Gasteiger partial charge in [0, 0.05) is 7.11 Å². The van der Waals surface area contributed by atoms with Crippen molar-refractivity contribution in [3.63, 3.8) is 0 Å². The highest BCUT2D eigenvalue weighted by molar-refractivity contribution is 4.74. The van der Waals surface area contributed by atoms with E-state index in [4.69, 9.17) is 9.84 Å². The second-order valence-electron chi connectivity index (χ2n) is 2.52. The summed E-state index contributed by atoms with van der Waals surface area (Å²) < 4.78 is 5.62. The monoisotopic (exact) mass is 189 g/mol. The van der Waals surface area contributed by atoms with Crippen molar-refractivity contribution in [1.29, 1.82) is 0 Å². The first kappa shape index (κ1) is 9.75. The van der Waals surface area contributed by atoms with Crippen LogP contribution in [-0.2, 0) is 4.74 Å². The number of H-pyrrole nitrogens is 2. The van der Waals surface area contributed by atoms with Crippen molar-refractivity contribution in [2.24, 2.45) is 0 Å². The van der Waals surface area contributed by atoms with E-state index in [1.165, 1.54) is 7.11 Å². The number of rotatable bonds is 4. The topological polar surface area (TPSA) is 100 Å². The van der Waals surface area contributed by atoms with Crippen molar-refractivity contribution >= 4 is 0 Å². The number of aliphatic hydroxyl groups is 1. The van der Waals surface area contributed by atoms with Crippen LogP contribution < -0.4 is 11.4 Å². The molecule has 7 heteroatoms. The molecular formula is C6H11N3O4. The minimum absolute atomic E-state index is 0.108. The number of hydrogen-bond acceptors (Lipinski definition) is 4. The van der Waals surface area contributed by atoms with Gasteiger partial charge in [-0.1, -0.05) is 0 Å². The van der Waals surface area contributed by atoms with Crippen molar-refractivity contribution < 1.29 is 9.84 Å². The molecule has 1 aromatic rings. The lowest BCUT2D eigenvalue weighted by Gasteiger charge is -2.11. The predicted molar refractivity (Wildman–Crippen MR) is 43.7 cm³/mol. The Labute approximate surface area is 72.9 Å². The first-order valence-corrected chi connectivity index (χ1v) is 3.69. The van der Waals surface area contributed by atoms with Gasteiger partial charge in [0.15, 0.2) is 0 Å². The van der Waals surface area contributed by atoms with Crippen molar-refractivity contribution in [2.45, 2.75) is 6.04 Å². The highest BCUT2D eigenvalue weighted by Gasteiger charge is 2.14. The van der Waals surface area contributed by atoms with Crippen molar-refractivity contribution in [3.8, 4) is 0 Å². The van der Waals surface area contributed by atoms with Crippen molar-refractivity contribution in [2.75, 3.05) is 20.3 Å². The third kappa shape index (κ3) is 1.87. The van der Waals surface area contributed by atoms with Crippen molar-refractivity contribution in [1.82, 2.24) is 14.8 Å². The molecule has 0 aliphatic rings. The van der Waals surface area contributed by atoms with Crippen LogP contribution in [0, 0.1) is 0 Å². The Morgan fingerprint density at radius 1 is 1.46 bits per heavy atom. The van der Waals surface area contributed by atoms with Gasteiger partial charge in [-0.3, -0.25) is 0 Å². The molecule has 1 atom stereocenters. The van der Waals surface area contributed by atoms with E-state index in [1.54, 1.807) is 0 Å². The molecule has 0 saturated carbocycles. The smallest absolute Gasteiger partial charge is 0.344 e. The fourth-order valence-corrected chi connectivity index (χ4v) is 1.05. The Bertz CT molecular complexity index is 335. The molecule has 13 heavy (non-hydrogen) atoms. The SMILES string of the molecule is COCC(CO)n1c(=O)[nH][nH]c1=O. The summed E-state index contributed by atoms with van der Waals surface area (Å²) >= 11 is 0. The van der Waals surface area contributed by atoms with Gasteiger partial charge >= 0.3 is 11.4 Å². The van der Waals surface area contributed by atoms with Crippen molar-refractivity contribution in [3.05, 3.63) is 21.0 Å². The number of nitrogens with zero attached hydrogens (tertiary/aromatic N) is 1. The molecule has 1 aromatic heterocycles. The summed E-state index contributed by atoms with van der Waals surface area (Å²) in [4.78, 5) is 22.0. The molecule has 0 bridgehead atoms. The number of aliphatic hydroxyl groups excluding tert-OH is 1. The highest BCUT2D eigenvalue weighted by Crippen LogP contribution is 1.97. The van der Waals surface area contributed by atoms with Gasteiger partial charge in [-0.05, 0) is 0 Å². The standard InChI is InChI=1S/C6H11N3O4/c1-13-3-4(2-10)9-5(11)7-8-6(9)12/h4,10H,2-3H2,1H3,(H,7,11)(H,8,12). The Balaban J connectivity index is 3.03. The Kier molecular flexibility index (Phi) is 3.04. The second kappa shape index (κ2) is 4.06. The van der Waals surface area contributed by atoms with Gasteiger partial charge in [-0.15, -0.1) is 0 Å². The Hall–Kier alpha value is -1.34. The molecule has 0 fully saturated rings. The molecule has 0 aliphatic carbocycles. The van der Waals surface area contributed by atoms with Crippen LogP contribution in [-0.4, -0.2) is 40.2 Å². The van der Waals surface area contributed by atoms with E-state index < -0.39 is 17.4 Å². The third-order valence-corrected chi connectivity index (χ3v) is 1.65. The molecule has 3 N–H and O–H groups in total. The zero-order valence-corrected chi connectivity index (χ0v) is 7.11. The summed E-state index contributed by atoms with van der Waals surface area (Å²) in [6.07, 6.45) is 0. The fourth-order valence-electron chi connectivity index (χ4n) is 1.05. The van der Waals surface area contributed by atoms with Gasteiger partial charge in [0.2, 0.25) is 0 Å². The van der Waals surface area contributed by atoms with E-state index in [0.29, 0.717) is 0 Å². The van der Waals surface area contributed by atoms with E-state index in [9.17, 15) is 9.59 Å². The zero-order chi connectivity index (χ0) is 9.84. The number of nitrogens with one attached hydrogen (secondary N) is 2. The van der Waals surface area contributed by atoms with E-state index in [-0.39, 0.29) is 13.2 Å². The maximum absolute atomic E-state index is 11.0. The maximum Gasteiger partial charge on any atom is 0.344 e. The number of ether oxygens (including phenoxy) is 1. The molecule has 74 valence electrons. The molecule has 7 nitrogen and oxygen atoms in total. The van der Waals surface area contributed by atoms with Gasteiger partial charge in [-0.2, -0.15) is 0 Å². The van der Waals surface area contributed by atoms with E-state index in [1.807, 2.05) is 0 Å². The molecule has 0 amide bonds. The van der Waals surface area contributed by atoms with Crippen LogP contribution >= 0.6 is 0 Å². The molecule has 0 radical (unpaired) electrons. The Morgan fingerprint density at radius 3 is 2.38 bits per heavy atom.